The Kier molecular flexibility index (Phi) is 4.16. The summed E-state index contributed by atoms with van der Waals surface area (Å²) in [5.41, 5.74) is 0.168. The van der Waals surface area contributed by atoms with Gasteiger partial charge in [-0.05, 0) is 31.1 Å². The molecule has 2 rings (SSSR count). The van der Waals surface area contributed by atoms with Gasteiger partial charge < -0.3 is 10.0 Å². The van der Waals surface area contributed by atoms with Crippen LogP contribution in [0, 0.1) is 17.3 Å². The molecule has 4 heteroatoms. The second-order valence-corrected chi connectivity index (χ2v) is 6.86. The van der Waals surface area contributed by atoms with Gasteiger partial charge in [0.25, 0.3) is 0 Å². The van der Waals surface area contributed by atoms with E-state index in [1.807, 2.05) is 4.90 Å². The van der Waals surface area contributed by atoms with Gasteiger partial charge >= 0.3 is 5.97 Å². The number of amides is 1. The minimum absolute atomic E-state index is 0.0832. The van der Waals surface area contributed by atoms with E-state index in [4.69, 9.17) is 0 Å². The zero-order valence-electron chi connectivity index (χ0n) is 12.0. The Morgan fingerprint density at radius 3 is 2.32 bits per heavy atom. The number of rotatable bonds is 2. The highest BCUT2D eigenvalue weighted by Crippen LogP contribution is 2.35. The standard InChI is InChI=1S/C15H25NO3/c1-15(2)8-5-9-16(10-15)13(17)11-6-3-4-7-12(11)14(18)19/h11-12H,3-10H2,1-2H3,(H,18,19). The maximum atomic E-state index is 12.6. The number of aliphatic carboxylic acids is 1. The first-order chi connectivity index (χ1) is 8.91. The van der Waals surface area contributed by atoms with E-state index < -0.39 is 11.9 Å². The van der Waals surface area contributed by atoms with Crippen LogP contribution in [0.5, 0.6) is 0 Å². The maximum Gasteiger partial charge on any atom is 0.307 e. The first-order valence-corrected chi connectivity index (χ1v) is 7.42. The summed E-state index contributed by atoms with van der Waals surface area (Å²) in [5, 5.41) is 9.29. The second-order valence-electron chi connectivity index (χ2n) is 6.86. The Bertz CT molecular complexity index is 364. The molecule has 0 bridgehead atoms. The molecule has 1 heterocycles. The summed E-state index contributed by atoms with van der Waals surface area (Å²) in [6.45, 7) is 5.93. The van der Waals surface area contributed by atoms with Crippen LogP contribution in [0.25, 0.3) is 0 Å². The van der Waals surface area contributed by atoms with E-state index >= 15 is 0 Å². The van der Waals surface area contributed by atoms with Gasteiger partial charge in [-0.3, -0.25) is 9.59 Å². The number of nitrogens with zero attached hydrogens (tertiary/aromatic N) is 1. The quantitative estimate of drug-likeness (QED) is 0.836. The highest BCUT2D eigenvalue weighted by Gasteiger charge is 2.39. The zero-order chi connectivity index (χ0) is 14.0. The number of carbonyl (C=O) groups excluding carboxylic acids is 1. The molecule has 4 nitrogen and oxygen atoms in total. The van der Waals surface area contributed by atoms with Crippen LogP contribution >= 0.6 is 0 Å². The van der Waals surface area contributed by atoms with Crippen molar-refractivity contribution >= 4 is 11.9 Å². The van der Waals surface area contributed by atoms with Crippen molar-refractivity contribution in [1.82, 2.24) is 4.90 Å². The summed E-state index contributed by atoms with van der Waals surface area (Å²) in [7, 11) is 0. The molecule has 0 aromatic carbocycles. The Labute approximate surface area is 115 Å². The Morgan fingerprint density at radius 2 is 1.74 bits per heavy atom. The molecule has 0 aromatic rings. The fraction of sp³-hybridized carbons (Fsp3) is 0.867. The fourth-order valence-electron chi connectivity index (χ4n) is 3.57. The van der Waals surface area contributed by atoms with E-state index in [2.05, 4.69) is 13.8 Å². The van der Waals surface area contributed by atoms with E-state index in [1.54, 1.807) is 0 Å². The Hall–Kier alpha value is -1.06. The molecule has 2 fully saturated rings. The van der Waals surface area contributed by atoms with Crippen LogP contribution in [0.4, 0.5) is 0 Å². The van der Waals surface area contributed by atoms with E-state index in [0.29, 0.717) is 6.42 Å². The molecule has 2 unspecified atom stereocenters. The molecular weight excluding hydrogens is 242 g/mol. The lowest BCUT2D eigenvalue weighted by atomic mass is 9.77. The SMILES string of the molecule is CC1(C)CCCN(C(=O)C2CCCCC2C(=O)O)C1. The van der Waals surface area contributed by atoms with Crippen LogP contribution in [-0.2, 0) is 9.59 Å². The largest absolute Gasteiger partial charge is 0.481 e. The maximum absolute atomic E-state index is 12.6. The minimum atomic E-state index is -0.797. The van der Waals surface area contributed by atoms with Crippen molar-refractivity contribution in [2.24, 2.45) is 17.3 Å². The lowest BCUT2D eigenvalue weighted by molar-refractivity contribution is -0.153. The molecular formula is C15H25NO3. The predicted octanol–water partition coefficient (Wildman–Crippen LogP) is 2.53. The monoisotopic (exact) mass is 267 g/mol. The molecule has 2 atom stereocenters. The molecule has 1 aliphatic carbocycles. The molecule has 1 saturated heterocycles. The van der Waals surface area contributed by atoms with Gasteiger partial charge in [-0.15, -0.1) is 0 Å². The van der Waals surface area contributed by atoms with Crippen molar-refractivity contribution in [3.8, 4) is 0 Å². The average molecular weight is 267 g/mol. The van der Waals surface area contributed by atoms with Crippen molar-refractivity contribution in [3.63, 3.8) is 0 Å². The van der Waals surface area contributed by atoms with Crippen molar-refractivity contribution in [3.05, 3.63) is 0 Å². The van der Waals surface area contributed by atoms with E-state index in [0.717, 1.165) is 45.2 Å². The van der Waals surface area contributed by atoms with E-state index in [1.165, 1.54) is 0 Å². The molecule has 19 heavy (non-hydrogen) atoms. The number of carboxylic acid groups (broad SMARTS) is 1. The van der Waals surface area contributed by atoms with Gasteiger partial charge in [0.1, 0.15) is 0 Å². The highest BCUT2D eigenvalue weighted by atomic mass is 16.4. The average Bonchev–Trinajstić information content (AvgIpc) is 2.36. The fourth-order valence-corrected chi connectivity index (χ4v) is 3.57. The van der Waals surface area contributed by atoms with Crippen molar-refractivity contribution in [1.29, 1.82) is 0 Å². The number of likely N-dealkylation sites (tertiary alicyclic amines) is 1. The van der Waals surface area contributed by atoms with Gasteiger partial charge in [0.05, 0.1) is 11.8 Å². The molecule has 1 amide bonds. The minimum Gasteiger partial charge on any atom is -0.481 e. The van der Waals surface area contributed by atoms with E-state index in [9.17, 15) is 14.7 Å². The molecule has 0 radical (unpaired) electrons. The van der Waals surface area contributed by atoms with Gasteiger partial charge in [-0.1, -0.05) is 26.7 Å². The first-order valence-electron chi connectivity index (χ1n) is 7.42. The lowest BCUT2D eigenvalue weighted by Crippen LogP contribution is -2.48. The van der Waals surface area contributed by atoms with Crippen molar-refractivity contribution in [2.75, 3.05) is 13.1 Å². The Morgan fingerprint density at radius 1 is 1.11 bits per heavy atom. The molecule has 2 aliphatic rings. The lowest BCUT2D eigenvalue weighted by Gasteiger charge is -2.41. The zero-order valence-corrected chi connectivity index (χ0v) is 12.0. The van der Waals surface area contributed by atoms with Crippen molar-refractivity contribution < 1.29 is 14.7 Å². The third kappa shape index (κ3) is 3.28. The number of hydrogen-bond acceptors (Lipinski definition) is 2. The van der Waals surface area contributed by atoms with Crippen LogP contribution in [0.2, 0.25) is 0 Å². The second kappa shape index (κ2) is 5.51. The van der Waals surface area contributed by atoms with Crippen LogP contribution in [-0.4, -0.2) is 35.0 Å². The molecule has 1 aliphatic heterocycles. The third-order valence-corrected chi connectivity index (χ3v) is 4.61. The normalized spacial score (nSPS) is 30.9. The Balaban J connectivity index is 2.06. The van der Waals surface area contributed by atoms with E-state index in [-0.39, 0.29) is 17.2 Å². The summed E-state index contributed by atoms with van der Waals surface area (Å²) in [4.78, 5) is 25.8. The molecule has 0 aromatic heterocycles. The van der Waals surface area contributed by atoms with Crippen LogP contribution in [0.15, 0.2) is 0 Å². The molecule has 108 valence electrons. The smallest absolute Gasteiger partial charge is 0.307 e. The van der Waals surface area contributed by atoms with Crippen molar-refractivity contribution in [2.45, 2.75) is 52.4 Å². The highest BCUT2D eigenvalue weighted by molar-refractivity contribution is 5.85. The first kappa shape index (κ1) is 14.4. The number of carboxylic acids is 1. The van der Waals surface area contributed by atoms with Gasteiger partial charge in [-0.2, -0.15) is 0 Å². The van der Waals surface area contributed by atoms with Gasteiger partial charge in [0, 0.05) is 13.1 Å². The summed E-state index contributed by atoms with van der Waals surface area (Å²) in [5.74, 6) is -1.47. The summed E-state index contributed by atoms with van der Waals surface area (Å²) >= 11 is 0. The molecule has 0 spiro atoms. The van der Waals surface area contributed by atoms with Crippen LogP contribution < -0.4 is 0 Å². The molecule has 1 saturated carbocycles. The predicted molar refractivity (Wildman–Crippen MR) is 72.7 cm³/mol. The third-order valence-electron chi connectivity index (χ3n) is 4.61. The van der Waals surface area contributed by atoms with Gasteiger partial charge in [-0.25, -0.2) is 0 Å². The summed E-state index contributed by atoms with van der Waals surface area (Å²) in [6.07, 6.45) is 5.49. The summed E-state index contributed by atoms with van der Waals surface area (Å²) in [6, 6.07) is 0. The number of hydrogen-bond donors (Lipinski definition) is 1. The molecule has 1 N–H and O–H groups in total. The number of carbonyl (C=O) groups is 2. The summed E-state index contributed by atoms with van der Waals surface area (Å²) < 4.78 is 0. The van der Waals surface area contributed by atoms with Crippen LogP contribution in [0.3, 0.4) is 0 Å². The van der Waals surface area contributed by atoms with Gasteiger partial charge in [0.15, 0.2) is 0 Å². The number of piperidine rings is 1. The topological polar surface area (TPSA) is 57.6 Å². The van der Waals surface area contributed by atoms with Gasteiger partial charge in [0.2, 0.25) is 5.91 Å². The van der Waals surface area contributed by atoms with Crippen LogP contribution in [0.1, 0.15) is 52.4 Å².